The first-order chi connectivity index (χ1) is 9.87. The Morgan fingerprint density at radius 1 is 1.43 bits per heavy atom. The topological polar surface area (TPSA) is 106 Å². The number of nitro groups is 1. The Kier molecular flexibility index (Phi) is 5.89. The summed E-state index contributed by atoms with van der Waals surface area (Å²) in [7, 11) is 2.92. The molecule has 0 saturated heterocycles. The minimum atomic E-state index is -0.603. The lowest BCUT2D eigenvalue weighted by molar-refractivity contribution is -0.384. The number of ether oxygens (including phenoxy) is 1. The van der Waals surface area contributed by atoms with Crippen molar-refractivity contribution in [2.24, 2.45) is 5.92 Å². The maximum absolute atomic E-state index is 11.8. The molecule has 2 N–H and O–H groups in total. The molecule has 1 unspecified atom stereocenters. The van der Waals surface area contributed by atoms with Crippen molar-refractivity contribution in [3.8, 4) is 0 Å². The Bertz CT molecular complexity index is 519. The third kappa shape index (κ3) is 4.90. The second kappa shape index (κ2) is 7.41. The monoisotopic (exact) mass is 296 g/mol. The lowest BCUT2D eigenvalue weighted by Gasteiger charge is -2.19. The van der Waals surface area contributed by atoms with Crippen LogP contribution in [0, 0.1) is 16.0 Å². The first-order valence-electron chi connectivity index (χ1n) is 6.56. The summed E-state index contributed by atoms with van der Waals surface area (Å²) < 4.78 is 4.74. The van der Waals surface area contributed by atoms with E-state index in [0.29, 0.717) is 12.2 Å². The van der Waals surface area contributed by atoms with Gasteiger partial charge in [0.1, 0.15) is 17.7 Å². The lowest BCUT2D eigenvalue weighted by Crippen LogP contribution is -2.32. The van der Waals surface area contributed by atoms with Crippen molar-refractivity contribution in [1.29, 1.82) is 0 Å². The summed E-state index contributed by atoms with van der Waals surface area (Å²) in [6.07, 6.45) is 0.534. The predicted molar refractivity (Wildman–Crippen MR) is 79.3 cm³/mol. The van der Waals surface area contributed by atoms with Crippen LogP contribution in [0.2, 0.25) is 0 Å². The standard InChI is InChI=1S/C13H20N4O4/c1-8(2)5-10(13(18)21-4)15-12-7-9(17(19)20)6-11(14-3)16-12/h6-8,10H,5H2,1-4H3,(H2,14,15,16). The van der Waals surface area contributed by atoms with Crippen LogP contribution in [0.1, 0.15) is 20.3 Å². The second-order valence-corrected chi connectivity index (χ2v) is 4.95. The van der Waals surface area contributed by atoms with Crippen molar-refractivity contribution in [3.05, 3.63) is 22.2 Å². The number of hydrogen-bond donors (Lipinski definition) is 2. The number of nitrogens with zero attached hydrogens (tertiary/aromatic N) is 2. The van der Waals surface area contributed by atoms with Gasteiger partial charge in [-0.1, -0.05) is 13.8 Å². The van der Waals surface area contributed by atoms with Gasteiger partial charge in [-0.2, -0.15) is 0 Å². The first-order valence-corrected chi connectivity index (χ1v) is 6.56. The Balaban J connectivity index is 3.04. The summed E-state index contributed by atoms with van der Waals surface area (Å²) in [5.74, 6) is 0.427. The van der Waals surface area contributed by atoms with Crippen molar-refractivity contribution >= 4 is 23.3 Å². The van der Waals surface area contributed by atoms with E-state index < -0.39 is 16.9 Å². The van der Waals surface area contributed by atoms with E-state index in [1.165, 1.54) is 19.2 Å². The molecule has 0 fully saturated rings. The number of esters is 1. The van der Waals surface area contributed by atoms with Crippen LogP contribution in [0.4, 0.5) is 17.3 Å². The molecule has 1 aromatic rings. The summed E-state index contributed by atoms with van der Waals surface area (Å²) >= 11 is 0. The van der Waals surface area contributed by atoms with Crippen LogP contribution in [0.25, 0.3) is 0 Å². The van der Waals surface area contributed by atoms with E-state index in [-0.39, 0.29) is 17.4 Å². The molecule has 0 aliphatic heterocycles. The normalized spacial score (nSPS) is 11.9. The van der Waals surface area contributed by atoms with Crippen LogP contribution in [-0.2, 0) is 9.53 Å². The Labute approximate surface area is 123 Å². The smallest absolute Gasteiger partial charge is 0.328 e. The maximum atomic E-state index is 11.8. The highest BCUT2D eigenvalue weighted by atomic mass is 16.6. The molecule has 0 aliphatic rings. The third-order valence-electron chi connectivity index (χ3n) is 2.79. The minimum absolute atomic E-state index is 0.106. The van der Waals surface area contributed by atoms with Gasteiger partial charge in [-0.3, -0.25) is 10.1 Å². The highest BCUT2D eigenvalue weighted by molar-refractivity contribution is 5.79. The van der Waals surface area contributed by atoms with Crippen molar-refractivity contribution in [2.45, 2.75) is 26.3 Å². The van der Waals surface area contributed by atoms with Gasteiger partial charge in [0.2, 0.25) is 0 Å². The molecule has 0 aliphatic carbocycles. The molecule has 8 heteroatoms. The van der Waals surface area contributed by atoms with E-state index in [1.54, 1.807) is 7.05 Å². The molecule has 0 amide bonds. The van der Waals surface area contributed by atoms with Gasteiger partial charge in [-0.05, 0) is 12.3 Å². The average Bonchev–Trinajstić information content (AvgIpc) is 2.44. The fourth-order valence-corrected chi connectivity index (χ4v) is 1.83. The summed E-state index contributed by atoms with van der Waals surface area (Å²) in [5.41, 5.74) is -0.106. The van der Waals surface area contributed by atoms with E-state index in [1.807, 2.05) is 13.8 Å². The van der Waals surface area contributed by atoms with Gasteiger partial charge >= 0.3 is 5.97 Å². The Morgan fingerprint density at radius 3 is 2.52 bits per heavy atom. The zero-order valence-electron chi connectivity index (χ0n) is 12.5. The predicted octanol–water partition coefficient (Wildman–Crippen LogP) is 2.03. The van der Waals surface area contributed by atoms with E-state index >= 15 is 0 Å². The number of hydrogen-bond acceptors (Lipinski definition) is 7. The van der Waals surface area contributed by atoms with E-state index in [2.05, 4.69) is 15.6 Å². The average molecular weight is 296 g/mol. The largest absolute Gasteiger partial charge is 0.467 e. The lowest BCUT2D eigenvalue weighted by atomic mass is 10.0. The van der Waals surface area contributed by atoms with Crippen molar-refractivity contribution < 1.29 is 14.5 Å². The molecular weight excluding hydrogens is 276 g/mol. The third-order valence-corrected chi connectivity index (χ3v) is 2.79. The van der Waals surface area contributed by atoms with Gasteiger partial charge in [0, 0.05) is 7.05 Å². The van der Waals surface area contributed by atoms with E-state index in [0.717, 1.165) is 0 Å². The molecule has 8 nitrogen and oxygen atoms in total. The second-order valence-electron chi connectivity index (χ2n) is 4.95. The molecular formula is C13H20N4O4. The molecule has 1 aromatic heterocycles. The molecule has 0 radical (unpaired) electrons. The van der Waals surface area contributed by atoms with E-state index in [4.69, 9.17) is 4.74 Å². The number of anilines is 2. The molecule has 1 rings (SSSR count). The van der Waals surface area contributed by atoms with Crippen molar-refractivity contribution in [2.75, 3.05) is 24.8 Å². The summed E-state index contributed by atoms with van der Waals surface area (Å²) in [5, 5.41) is 16.6. The molecule has 1 heterocycles. The Hall–Kier alpha value is -2.38. The van der Waals surface area contributed by atoms with Crippen LogP contribution in [0.5, 0.6) is 0 Å². The van der Waals surface area contributed by atoms with Gasteiger partial charge < -0.3 is 15.4 Å². The highest BCUT2D eigenvalue weighted by Gasteiger charge is 2.22. The number of aromatic nitrogens is 1. The van der Waals surface area contributed by atoms with Gasteiger partial charge in [0.05, 0.1) is 24.2 Å². The highest BCUT2D eigenvalue weighted by Crippen LogP contribution is 2.22. The number of carbonyl (C=O) groups excluding carboxylic acids is 1. The number of rotatable bonds is 7. The number of nitrogens with one attached hydrogen (secondary N) is 2. The van der Waals surface area contributed by atoms with Gasteiger partial charge in [0.15, 0.2) is 0 Å². The number of methoxy groups -OCH3 is 1. The minimum Gasteiger partial charge on any atom is -0.467 e. The van der Waals surface area contributed by atoms with Crippen molar-refractivity contribution in [1.82, 2.24) is 4.98 Å². The molecule has 116 valence electrons. The van der Waals surface area contributed by atoms with Gasteiger partial charge in [0.25, 0.3) is 5.69 Å². The van der Waals surface area contributed by atoms with Crippen molar-refractivity contribution in [3.63, 3.8) is 0 Å². The number of carbonyl (C=O) groups is 1. The van der Waals surface area contributed by atoms with Crippen LogP contribution < -0.4 is 10.6 Å². The molecule has 0 aromatic carbocycles. The van der Waals surface area contributed by atoms with E-state index in [9.17, 15) is 14.9 Å². The zero-order chi connectivity index (χ0) is 16.0. The van der Waals surface area contributed by atoms with Crippen LogP contribution in [-0.4, -0.2) is 36.1 Å². The fraction of sp³-hybridized carbons (Fsp3) is 0.538. The maximum Gasteiger partial charge on any atom is 0.328 e. The summed E-state index contributed by atoms with van der Waals surface area (Å²) in [4.78, 5) is 26.3. The van der Waals surface area contributed by atoms with Gasteiger partial charge in [-0.15, -0.1) is 0 Å². The molecule has 0 spiro atoms. The first kappa shape index (κ1) is 16.7. The quantitative estimate of drug-likeness (QED) is 0.450. The number of pyridine rings is 1. The summed E-state index contributed by atoms with van der Waals surface area (Å²) in [6.45, 7) is 3.94. The van der Waals surface area contributed by atoms with Crippen LogP contribution >= 0.6 is 0 Å². The zero-order valence-corrected chi connectivity index (χ0v) is 12.5. The SMILES string of the molecule is CNc1cc([N+](=O)[O-])cc(NC(CC(C)C)C(=O)OC)n1. The molecule has 1 atom stereocenters. The molecule has 21 heavy (non-hydrogen) atoms. The van der Waals surface area contributed by atoms with Crippen LogP contribution in [0.3, 0.4) is 0 Å². The molecule has 0 bridgehead atoms. The van der Waals surface area contributed by atoms with Crippen LogP contribution in [0.15, 0.2) is 12.1 Å². The Morgan fingerprint density at radius 2 is 2.05 bits per heavy atom. The fourth-order valence-electron chi connectivity index (χ4n) is 1.83. The summed E-state index contributed by atoms with van der Waals surface area (Å²) in [6, 6.07) is 2.01. The van der Waals surface area contributed by atoms with Gasteiger partial charge in [-0.25, -0.2) is 9.78 Å². The molecule has 0 saturated carbocycles.